The second-order valence-corrected chi connectivity index (χ2v) is 4.86. The molecule has 0 spiro atoms. The zero-order valence-electron chi connectivity index (χ0n) is 11.6. The lowest BCUT2D eigenvalue weighted by Gasteiger charge is -2.07. The van der Waals surface area contributed by atoms with Gasteiger partial charge in [-0.15, -0.1) is 0 Å². The van der Waals surface area contributed by atoms with E-state index in [1.807, 2.05) is 20.0 Å². The molecule has 0 aromatic carbocycles. The predicted molar refractivity (Wildman–Crippen MR) is 77.9 cm³/mol. The second-order valence-electron chi connectivity index (χ2n) is 4.48. The van der Waals surface area contributed by atoms with Crippen LogP contribution >= 0.6 is 11.6 Å². The van der Waals surface area contributed by atoms with E-state index in [1.165, 1.54) is 0 Å². The van der Waals surface area contributed by atoms with Crippen LogP contribution in [-0.2, 0) is 19.9 Å². The minimum absolute atomic E-state index is 0.133. The standard InChI is InChI=1S/C14H17ClN4O/c1-3-11-8-10(9-13(15)18-11)14(20)16-6-4-12-5-7-17-19(12)2/h5,7-9H,3-4,6H2,1-2H3,(H,16,20). The van der Waals surface area contributed by atoms with Crippen molar-refractivity contribution in [3.63, 3.8) is 0 Å². The molecular weight excluding hydrogens is 276 g/mol. The number of halogens is 1. The van der Waals surface area contributed by atoms with Crippen LogP contribution in [0.3, 0.4) is 0 Å². The van der Waals surface area contributed by atoms with Crippen molar-refractivity contribution in [2.24, 2.45) is 7.05 Å². The van der Waals surface area contributed by atoms with Crippen LogP contribution in [0.25, 0.3) is 0 Å². The van der Waals surface area contributed by atoms with E-state index in [0.717, 1.165) is 24.2 Å². The Bertz CT molecular complexity index is 609. The summed E-state index contributed by atoms with van der Waals surface area (Å²) >= 11 is 5.91. The molecule has 2 rings (SSSR count). The molecule has 0 bridgehead atoms. The summed E-state index contributed by atoms with van der Waals surface area (Å²) in [6.45, 7) is 2.53. The normalized spacial score (nSPS) is 10.6. The summed E-state index contributed by atoms with van der Waals surface area (Å²) in [5.74, 6) is -0.133. The Labute approximate surface area is 123 Å². The van der Waals surface area contributed by atoms with E-state index in [1.54, 1.807) is 23.0 Å². The van der Waals surface area contributed by atoms with Gasteiger partial charge in [0.15, 0.2) is 0 Å². The molecule has 0 aliphatic carbocycles. The Balaban J connectivity index is 1.95. The molecule has 0 saturated heterocycles. The molecule has 1 N–H and O–H groups in total. The van der Waals surface area contributed by atoms with Gasteiger partial charge in [-0.1, -0.05) is 18.5 Å². The number of nitrogens with one attached hydrogen (secondary N) is 1. The lowest BCUT2D eigenvalue weighted by atomic mass is 10.2. The van der Waals surface area contributed by atoms with Crippen LogP contribution in [0.1, 0.15) is 28.7 Å². The third kappa shape index (κ3) is 3.57. The molecule has 1 amide bonds. The van der Waals surface area contributed by atoms with Gasteiger partial charge in [0.1, 0.15) is 5.15 Å². The number of pyridine rings is 1. The summed E-state index contributed by atoms with van der Waals surface area (Å²) in [5, 5.41) is 7.31. The van der Waals surface area contributed by atoms with E-state index < -0.39 is 0 Å². The molecule has 0 aliphatic heterocycles. The van der Waals surface area contributed by atoms with Crippen LogP contribution in [0.2, 0.25) is 5.15 Å². The monoisotopic (exact) mass is 292 g/mol. The fourth-order valence-corrected chi connectivity index (χ4v) is 2.14. The molecule has 0 atom stereocenters. The van der Waals surface area contributed by atoms with Gasteiger partial charge in [-0.25, -0.2) is 4.98 Å². The summed E-state index contributed by atoms with van der Waals surface area (Å²) in [6, 6.07) is 5.29. The summed E-state index contributed by atoms with van der Waals surface area (Å²) in [7, 11) is 1.88. The molecule has 5 nitrogen and oxygen atoms in total. The molecule has 2 heterocycles. The quantitative estimate of drug-likeness (QED) is 0.858. The Morgan fingerprint density at radius 2 is 2.25 bits per heavy atom. The molecule has 0 radical (unpaired) electrons. The highest BCUT2D eigenvalue weighted by Crippen LogP contribution is 2.11. The lowest BCUT2D eigenvalue weighted by molar-refractivity contribution is 0.0953. The maximum atomic E-state index is 12.1. The molecule has 106 valence electrons. The van der Waals surface area contributed by atoms with Crippen molar-refractivity contribution in [3.05, 3.63) is 46.5 Å². The third-order valence-electron chi connectivity index (χ3n) is 3.06. The van der Waals surface area contributed by atoms with E-state index in [9.17, 15) is 4.79 Å². The average Bonchev–Trinajstić information content (AvgIpc) is 2.83. The summed E-state index contributed by atoms with van der Waals surface area (Å²) < 4.78 is 1.80. The van der Waals surface area contributed by atoms with Gasteiger partial charge in [0.25, 0.3) is 5.91 Å². The number of nitrogens with zero attached hydrogens (tertiary/aromatic N) is 3. The smallest absolute Gasteiger partial charge is 0.251 e. The van der Waals surface area contributed by atoms with Crippen molar-refractivity contribution in [2.45, 2.75) is 19.8 Å². The molecule has 20 heavy (non-hydrogen) atoms. The number of amides is 1. The van der Waals surface area contributed by atoms with Crippen molar-refractivity contribution < 1.29 is 4.79 Å². The Kier molecular flexibility index (Phi) is 4.74. The molecule has 2 aromatic rings. The van der Waals surface area contributed by atoms with Gasteiger partial charge < -0.3 is 5.32 Å². The number of aryl methyl sites for hydroxylation is 2. The van der Waals surface area contributed by atoms with Crippen molar-refractivity contribution >= 4 is 17.5 Å². The first-order valence-corrected chi connectivity index (χ1v) is 6.89. The number of carbonyl (C=O) groups is 1. The van der Waals surface area contributed by atoms with Crippen LogP contribution in [0.4, 0.5) is 0 Å². The third-order valence-corrected chi connectivity index (χ3v) is 3.25. The first-order chi connectivity index (χ1) is 9.60. The zero-order valence-corrected chi connectivity index (χ0v) is 12.3. The number of carbonyl (C=O) groups excluding carboxylic acids is 1. The van der Waals surface area contributed by atoms with Gasteiger partial charge in [0.2, 0.25) is 0 Å². The minimum atomic E-state index is -0.133. The first kappa shape index (κ1) is 14.5. The van der Waals surface area contributed by atoms with Crippen LogP contribution in [0.15, 0.2) is 24.4 Å². The summed E-state index contributed by atoms with van der Waals surface area (Å²) in [6.07, 6.45) is 3.23. The van der Waals surface area contributed by atoms with E-state index in [2.05, 4.69) is 15.4 Å². The summed E-state index contributed by atoms with van der Waals surface area (Å²) in [5.41, 5.74) is 2.44. The predicted octanol–water partition coefficient (Wildman–Crippen LogP) is 2.00. The fourth-order valence-electron chi connectivity index (χ4n) is 1.92. The van der Waals surface area contributed by atoms with Crippen molar-refractivity contribution in [2.75, 3.05) is 6.54 Å². The molecule has 0 saturated carbocycles. The van der Waals surface area contributed by atoms with Gasteiger partial charge >= 0.3 is 0 Å². The molecule has 2 aromatic heterocycles. The lowest BCUT2D eigenvalue weighted by Crippen LogP contribution is -2.26. The topological polar surface area (TPSA) is 59.8 Å². The molecule has 0 aliphatic rings. The number of aromatic nitrogens is 3. The highest BCUT2D eigenvalue weighted by molar-refractivity contribution is 6.29. The van der Waals surface area contributed by atoms with Gasteiger partial charge in [-0.05, 0) is 24.6 Å². The number of rotatable bonds is 5. The molecule has 0 fully saturated rings. The van der Waals surface area contributed by atoms with E-state index in [4.69, 9.17) is 11.6 Å². The largest absolute Gasteiger partial charge is 0.352 e. The van der Waals surface area contributed by atoms with Crippen LogP contribution in [-0.4, -0.2) is 27.2 Å². The van der Waals surface area contributed by atoms with Crippen LogP contribution < -0.4 is 5.32 Å². The van der Waals surface area contributed by atoms with Crippen molar-refractivity contribution in [3.8, 4) is 0 Å². The van der Waals surface area contributed by atoms with E-state index >= 15 is 0 Å². The van der Waals surface area contributed by atoms with Gasteiger partial charge in [0.05, 0.1) is 0 Å². The van der Waals surface area contributed by atoms with E-state index in [-0.39, 0.29) is 5.91 Å². The molecule has 0 unspecified atom stereocenters. The van der Waals surface area contributed by atoms with Gasteiger partial charge in [-0.3, -0.25) is 9.48 Å². The maximum Gasteiger partial charge on any atom is 0.251 e. The van der Waals surface area contributed by atoms with Gasteiger partial charge in [-0.2, -0.15) is 5.10 Å². The minimum Gasteiger partial charge on any atom is -0.352 e. The van der Waals surface area contributed by atoms with Crippen LogP contribution in [0, 0.1) is 0 Å². The number of hydrogen-bond acceptors (Lipinski definition) is 3. The number of hydrogen-bond donors (Lipinski definition) is 1. The van der Waals surface area contributed by atoms with Crippen molar-refractivity contribution in [1.82, 2.24) is 20.1 Å². The van der Waals surface area contributed by atoms with Crippen LogP contribution in [0.5, 0.6) is 0 Å². The second kappa shape index (κ2) is 6.52. The van der Waals surface area contributed by atoms with Crippen molar-refractivity contribution in [1.29, 1.82) is 0 Å². The van der Waals surface area contributed by atoms with Gasteiger partial charge in [0, 0.05) is 43.2 Å². The highest BCUT2D eigenvalue weighted by atomic mass is 35.5. The first-order valence-electron chi connectivity index (χ1n) is 6.51. The van der Waals surface area contributed by atoms with E-state index in [0.29, 0.717) is 17.3 Å². The zero-order chi connectivity index (χ0) is 14.5. The molecular formula is C14H17ClN4O. The Hall–Kier alpha value is -1.88. The summed E-state index contributed by atoms with van der Waals surface area (Å²) in [4.78, 5) is 16.2. The maximum absolute atomic E-state index is 12.1. The Morgan fingerprint density at radius 3 is 2.90 bits per heavy atom. The molecule has 6 heteroatoms. The Morgan fingerprint density at radius 1 is 1.45 bits per heavy atom. The highest BCUT2D eigenvalue weighted by Gasteiger charge is 2.08. The average molecular weight is 293 g/mol. The fraction of sp³-hybridized carbons (Fsp3) is 0.357. The SMILES string of the molecule is CCc1cc(C(=O)NCCc2ccnn2C)cc(Cl)n1.